The van der Waals surface area contributed by atoms with Crippen LogP contribution < -0.4 is 11.1 Å². The van der Waals surface area contributed by atoms with Crippen molar-refractivity contribution in [2.45, 2.75) is 6.92 Å². The third-order valence-corrected chi connectivity index (χ3v) is 2.87. The molecule has 0 heterocycles. The number of carbonyl (C=O) groups is 1. The van der Waals surface area contributed by atoms with E-state index in [9.17, 15) is 9.18 Å². The topological polar surface area (TPSA) is 55.1 Å². The van der Waals surface area contributed by atoms with E-state index in [-0.39, 0.29) is 18.0 Å². The predicted molar refractivity (Wildman–Crippen MR) is 81.5 cm³/mol. The molecular weight excluding hydrogens is 267 g/mol. The van der Waals surface area contributed by atoms with Gasteiger partial charge < -0.3 is 11.1 Å². The van der Waals surface area contributed by atoms with Gasteiger partial charge in [0.2, 0.25) is 0 Å². The standard InChI is InChI=1S/C17H15FN2O/c1-12-4-6-14(7-5-12)17(21)20-15-9-8-13(3-2-10-19)16(18)11-15/h4-9,11H,10,19H2,1H3,(H,20,21). The molecule has 0 spiro atoms. The summed E-state index contributed by atoms with van der Waals surface area (Å²) < 4.78 is 13.8. The van der Waals surface area contributed by atoms with E-state index >= 15 is 0 Å². The van der Waals surface area contributed by atoms with E-state index in [1.54, 1.807) is 18.2 Å². The van der Waals surface area contributed by atoms with Gasteiger partial charge in [-0.1, -0.05) is 29.5 Å². The fraction of sp³-hybridized carbons (Fsp3) is 0.118. The van der Waals surface area contributed by atoms with Crippen LogP contribution >= 0.6 is 0 Å². The molecule has 21 heavy (non-hydrogen) atoms. The lowest BCUT2D eigenvalue weighted by molar-refractivity contribution is 0.102. The highest BCUT2D eigenvalue weighted by Gasteiger charge is 2.07. The SMILES string of the molecule is Cc1ccc(C(=O)Nc2ccc(C#CCN)c(F)c2)cc1. The summed E-state index contributed by atoms with van der Waals surface area (Å²) in [5.41, 5.74) is 7.48. The molecule has 0 fully saturated rings. The van der Waals surface area contributed by atoms with Gasteiger partial charge in [0, 0.05) is 11.3 Å². The third kappa shape index (κ3) is 3.91. The Kier molecular flexibility index (Phi) is 4.70. The van der Waals surface area contributed by atoms with Crippen molar-refractivity contribution in [2.75, 3.05) is 11.9 Å². The number of nitrogens with one attached hydrogen (secondary N) is 1. The van der Waals surface area contributed by atoms with Gasteiger partial charge in [0.05, 0.1) is 12.1 Å². The Bertz CT molecular complexity index is 712. The van der Waals surface area contributed by atoms with Crippen molar-refractivity contribution >= 4 is 11.6 Å². The fourth-order valence-corrected chi connectivity index (χ4v) is 1.75. The number of aryl methyl sites for hydroxylation is 1. The van der Waals surface area contributed by atoms with Crippen LogP contribution in [0.1, 0.15) is 21.5 Å². The quantitative estimate of drug-likeness (QED) is 0.832. The molecule has 2 rings (SSSR count). The van der Waals surface area contributed by atoms with Crippen molar-refractivity contribution in [3.05, 3.63) is 65.0 Å². The Morgan fingerprint density at radius 3 is 2.57 bits per heavy atom. The van der Waals surface area contributed by atoms with Gasteiger partial charge in [-0.15, -0.1) is 0 Å². The summed E-state index contributed by atoms with van der Waals surface area (Å²) in [5, 5.41) is 2.65. The molecule has 2 aromatic rings. The smallest absolute Gasteiger partial charge is 0.255 e. The molecule has 3 nitrogen and oxygen atoms in total. The summed E-state index contributed by atoms with van der Waals surface area (Å²) in [7, 11) is 0. The molecule has 1 amide bonds. The molecule has 0 saturated carbocycles. The van der Waals surface area contributed by atoms with Crippen LogP contribution in [0.2, 0.25) is 0 Å². The van der Waals surface area contributed by atoms with Gasteiger partial charge in [-0.2, -0.15) is 0 Å². The number of carbonyl (C=O) groups excluding carboxylic acids is 1. The van der Waals surface area contributed by atoms with Gasteiger partial charge in [0.25, 0.3) is 5.91 Å². The molecule has 0 aliphatic rings. The Morgan fingerprint density at radius 1 is 1.24 bits per heavy atom. The van der Waals surface area contributed by atoms with Crippen molar-refractivity contribution in [2.24, 2.45) is 5.73 Å². The van der Waals surface area contributed by atoms with Gasteiger partial charge in [-0.25, -0.2) is 4.39 Å². The number of halogens is 1. The second-order valence-electron chi connectivity index (χ2n) is 4.52. The highest BCUT2D eigenvalue weighted by atomic mass is 19.1. The Morgan fingerprint density at radius 2 is 1.95 bits per heavy atom. The minimum Gasteiger partial charge on any atom is -0.322 e. The first-order valence-electron chi connectivity index (χ1n) is 6.46. The van der Waals surface area contributed by atoms with E-state index in [0.717, 1.165) is 5.56 Å². The molecule has 0 bridgehead atoms. The highest BCUT2D eigenvalue weighted by molar-refractivity contribution is 6.04. The van der Waals surface area contributed by atoms with Gasteiger partial charge in [0.1, 0.15) is 5.82 Å². The first kappa shape index (κ1) is 14.8. The number of amides is 1. The average Bonchev–Trinajstić information content (AvgIpc) is 2.47. The lowest BCUT2D eigenvalue weighted by Crippen LogP contribution is -2.12. The van der Waals surface area contributed by atoms with E-state index < -0.39 is 5.82 Å². The lowest BCUT2D eigenvalue weighted by atomic mass is 10.1. The minimum atomic E-state index is -0.488. The van der Waals surface area contributed by atoms with Crippen LogP contribution in [-0.2, 0) is 0 Å². The fourth-order valence-electron chi connectivity index (χ4n) is 1.75. The van der Waals surface area contributed by atoms with Crippen molar-refractivity contribution < 1.29 is 9.18 Å². The Labute approximate surface area is 123 Å². The lowest BCUT2D eigenvalue weighted by Gasteiger charge is -2.06. The Hall–Kier alpha value is -2.64. The average molecular weight is 282 g/mol. The molecule has 0 unspecified atom stereocenters. The molecule has 0 aliphatic carbocycles. The van der Waals surface area contributed by atoms with Crippen molar-refractivity contribution in [1.29, 1.82) is 0 Å². The molecule has 2 aromatic carbocycles. The van der Waals surface area contributed by atoms with Crippen molar-refractivity contribution in [1.82, 2.24) is 0 Å². The van der Waals surface area contributed by atoms with Crippen LogP contribution in [0.4, 0.5) is 10.1 Å². The minimum absolute atomic E-state index is 0.172. The molecule has 3 N–H and O–H groups in total. The zero-order valence-corrected chi connectivity index (χ0v) is 11.6. The summed E-state index contributed by atoms with van der Waals surface area (Å²) in [6.45, 7) is 2.11. The molecule has 106 valence electrons. The summed E-state index contributed by atoms with van der Waals surface area (Å²) in [6.07, 6.45) is 0. The van der Waals surface area contributed by atoms with Crippen LogP contribution in [0.3, 0.4) is 0 Å². The molecule has 0 saturated heterocycles. The maximum atomic E-state index is 13.8. The first-order chi connectivity index (χ1) is 10.1. The number of nitrogens with two attached hydrogens (primary N) is 1. The molecular formula is C17H15FN2O. The molecule has 0 aliphatic heterocycles. The summed E-state index contributed by atoms with van der Waals surface area (Å²) in [6, 6.07) is 11.5. The van der Waals surface area contributed by atoms with Gasteiger partial charge in [-0.05, 0) is 37.3 Å². The van der Waals surface area contributed by atoms with E-state index in [1.165, 1.54) is 12.1 Å². The number of hydrogen-bond acceptors (Lipinski definition) is 2. The number of hydrogen-bond donors (Lipinski definition) is 2. The summed E-state index contributed by atoms with van der Waals surface area (Å²) in [4.78, 5) is 12.0. The van der Waals surface area contributed by atoms with Gasteiger partial charge in [0.15, 0.2) is 0 Å². The molecule has 0 radical (unpaired) electrons. The van der Waals surface area contributed by atoms with Crippen LogP contribution in [0.5, 0.6) is 0 Å². The maximum Gasteiger partial charge on any atom is 0.255 e. The predicted octanol–water partition coefficient (Wildman–Crippen LogP) is 2.70. The van der Waals surface area contributed by atoms with E-state index in [0.29, 0.717) is 11.3 Å². The molecule has 0 atom stereocenters. The van der Waals surface area contributed by atoms with Gasteiger partial charge in [-0.3, -0.25) is 4.79 Å². The first-order valence-corrected chi connectivity index (χ1v) is 6.46. The van der Waals surface area contributed by atoms with Crippen molar-refractivity contribution in [3.8, 4) is 11.8 Å². The summed E-state index contributed by atoms with van der Waals surface area (Å²) in [5.74, 6) is 4.45. The summed E-state index contributed by atoms with van der Waals surface area (Å²) >= 11 is 0. The van der Waals surface area contributed by atoms with Crippen LogP contribution in [0.15, 0.2) is 42.5 Å². The monoisotopic (exact) mass is 282 g/mol. The largest absolute Gasteiger partial charge is 0.322 e. The second-order valence-corrected chi connectivity index (χ2v) is 4.52. The highest BCUT2D eigenvalue weighted by Crippen LogP contribution is 2.15. The van der Waals surface area contributed by atoms with Crippen LogP contribution in [-0.4, -0.2) is 12.5 Å². The normalized spacial score (nSPS) is 9.67. The maximum absolute atomic E-state index is 13.8. The van der Waals surface area contributed by atoms with E-state index in [4.69, 9.17) is 5.73 Å². The van der Waals surface area contributed by atoms with E-state index in [1.807, 2.05) is 19.1 Å². The zero-order valence-electron chi connectivity index (χ0n) is 11.6. The molecule has 0 aromatic heterocycles. The number of anilines is 1. The third-order valence-electron chi connectivity index (χ3n) is 2.87. The Balaban J connectivity index is 2.14. The number of benzene rings is 2. The van der Waals surface area contributed by atoms with Crippen LogP contribution in [0.25, 0.3) is 0 Å². The zero-order chi connectivity index (χ0) is 15.2. The molecule has 4 heteroatoms. The van der Waals surface area contributed by atoms with Gasteiger partial charge >= 0.3 is 0 Å². The van der Waals surface area contributed by atoms with E-state index in [2.05, 4.69) is 17.2 Å². The number of rotatable bonds is 2. The van der Waals surface area contributed by atoms with Crippen LogP contribution in [0, 0.1) is 24.6 Å². The second kappa shape index (κ2) is 6.69. The van der Waals surface area contributed by atoms with Crippen molar-refractivity contribution in [3.63, 3.8) is 0 Å².